The van der Waals surface area contributed by atoms with E-state index in [2.05, 4.69) is 38.5 Å². The first-order valence-electron chi connectivity index (χ1n) is 7.84. The average molecular weight is 347 g/mol. The van der Waals surface area contributed by atoms with Gasteiger partial charge in [0, 0.05) is 10.9 Å². The van der Waals surface area contributed by atoms with Gasteiger partial charge >= 0.3 is 0 Å². The quantitative estimate of drug-likeness (QED) is 0.535. The molecule has 7 heteroatoms. The maximum Gasteiger partial charge on any atom is 0.235 e. The van der Waals surface area contributed by atoms with E-state index in [-0.39, 0.29) is 0 Å². The number of fused-ring (bicyclic) bond motifs is 2. The van der Waals surface area contributed by atoms with Gasteiger partial charge in [0.15, 0.2) is 10.8 Å². The zero-order valence-corrected chi connectivity index (χ0v) is 13.9. The van der Waals surface area contributed by atoms with Crippen LogP contribution in [0.2, 0.25) is 0 Å². The summed E-state index contributed by atoms with van der Waals surface area (Å²) in [5, 5.41) is 15.1. The maximum atomic E-state index is 5.75. The Morgan fingerprint density at radius 2 is 1.84 bits per heavy atom. The van der Waals surface area contributed by atoms with Crippen molar-refractivity contribution in [1.82, 2.24) is 24.8 Å². The topological polar surface area (TPSA) is 68.1 Å². The number of hydrogen-bond donors (Lipinski definition) is 1. The molecule has 0 spiro atoms. The molecule has 0 atom stereocenters. The first-order chi connectivity index (χ1) is 12.4. The van der Waals surface area contributed by atoms with Gasteiger partial charge in [-0.05, 0) is 24.3 Å². The van der Waals surface area contributed by atoms with Crippen molar-refractivity contribution in [3.8, 4) is 16.5 Å². The molecular weight excluding hydrogens is 334 g/mol. The summed E-state index contributed by atoms with van der Waals surface area (Å²) in [6.07, 6.45) is 0. The second kappa shape index (κ2) is 5.71. The molecular formula is C18H13N5OS. The smallest absolute Gasteiger partial charge is 0.235 e. The average Bonchev–Trinajstić information content (AvgIpc) is 3.34. The van der Waals surface area contributed by atoms with Gasteiger partial charge in [0.1, 0.15) is 12.4 Å². The lowest BCUT2D eigenvalue weighted by atomic mass is 10.2. The third-order valence-electron chi connectivity index (χ3n) is 3.93. The number of nitrogens with zero attached hydrogens (tertiary/aromatic N) is 4. The van der Waals surface area contributed by atoms with Crippen molar-refractivity contribution >= 4 is 27.2 Å². The van der Waals surface area contributed by atoms with E-state index in [1.54, 1.807) is 4.52 Å². The summed E-state index contributed by atoms with van der Waals surface area (Å²) in [4.78, 5) is 4.15. The second-order valence-electron chi connectivity index (χ2n) is 5.59. The monoisotopic (exact) mass is 347 g/mol. The van der Waals surface area contributed by atoms with E-state index >= 15 is 0 Å². The fourth-order valence-electron chi connectivity index (χ4n) is 2.71. The Labute approximate surface area is 146 Å². The number of rotatable bonds is 4. The molecule has 0 radical (unpaired) electrons. The van der Waals surface area contributed by atoms with Gasteiger partial charge in [0.2, 0.25) is 4.96 Å². The molecule has 0 aliphatic rings. The molecule has 0 fully saturated rings. The van der Waals surface area contributed by atoms with Crippen LogP contribution in [0, 0.1) is 0 Å². The van der Waals surface area contributed by atoms with E-state index in [1.165, 1.54) is 11.3 Å². The molecule has 0 saturated carbocycles. The lowest BCUT2D eigenvalue weighted by Crippen LogP contribution is -2.02. The molecule has 0 unspecified atom stereocenters. The minimum absolute atomic E-state index is 0.320. The van der Waals surface area contributed by atoms with E-state index in [0.29, 0.717) is 12.4 Å². The van der Waals surface area contributed by atoms with Crippen molar-refractivity contribution in [3.05, 3.63) is 66.5 Å². The number of aromatic nitrogens is 5. The second-order valence-corrected chi connectivity index (χ2v) is 6.55. The van der Waals surface area contributed by atoms with E-state index in [9.17, 15) is 0 Å². The van der Waals surface area contributed by atoms with Crippen LogP contribution in [0.3, 0.4) is 0 Å². The number of ether oxygens (including phenoxy) is 1. The molecule has 0 aliphatic carbocycles. The van der Waals surface area contributed by atoms with Gasteiger partial charge < -0.3 is 9.72 Å². The number of benzene rings is 2. The van der Waals surface area contributed by atoms with Gasteiger partial charge in [0.05, 0.1) is 5.69 Å². The molecule has 6 nitrogen and oxygen atoms in total. The molecule has 0 saturated heterocycles. The minimum atomic E-state index is 0.320. The van der Waals surface area contributed by atoms with E-state index in [1.807, 2.05) is 42.5 Å². The molecule has 1 N–H and O–H groups in total. The van der Waals surface area contributed by atoms with Crippen LogP contribution in [0.4, 0.5) is 0 Å². The predicted octanol–water partition coefficient (Wildman–Crippen LogP) is 3.91. The third-order valence-corrected chi connectivity index (χ3v) is 4.86. The summed E-state index contributed by atoms with van der Waals surface area (Å²) in [5.41, 5.74) is 2.07. The molecule has 0 aliphatic heterocycles. The zero-order chi connectivity index (χ0) is 16.6. The van der Waals surface area contributed by atoms with E-state index in [0.717, 1.165) is 32.3 Å². The van der Waals surface area contributed by atoms with Gasteiger partial charge in [0.25, 0.3) is 0 Å². The molecule has 3 heterocycles. The third kappa shape index (κ3) is 2.54. The summed E-state index contributed by atoms with van der Waals surface area (Å²) >= 11 is 1.50. The van der Waals surface area contributed by atoms with Crippen molar-refractivity contribution in [2.45, 2.75) is 6.61 Å². The number of para-hydroxylation sites is 2. The summed E-state index contributed by atoms with van der Waals surface area (Å²) in [7, 11) is 0. The molecule has 3 aromatic heterocycles. The zero-order valence-electron chi connectivity index (χ0n) is 13.1. The van der Waals surface area contributed by atoms with Gasteiger partial charge in [-0.25, -0.2) is 0 Å². The lowest BCUT2D eigenvalue weighted by molar-refractivity contribution is 0.293. The highest BCUT2D eigenvalue weighted by molar-refractivity contribution is 7.19. The van der Waals surface area contributed by atoms with Crippen LogP contribution in [-0.4, -0.2) is 24.8 Å². The Kier molecular flexibility index (Phi) is 3.24. The number of hydrogen-bond acceptors (Lipinski definition) is 5. The Morgan fingerprint density at radius 1 is 1.00 bits per heavy atom. The molecule has 2 aromatic carbocycles. The first-order valence-corrected chi connectivity index (χ1v) is 8.65. The summed E-state index contributed by atoms with van der Waals surface area (Å²) in [6.45, 7) is 0.320. The van der Waals surface area contributed by atoms with Crippen LogP contribution in [0.1, 0.15) is 5.82 Å². The largest absolute Gasteiger partial charge is 0.486 e. The van der Waals surface area contributed by atoms with Crippen LogP contribution < -0.4 is 4.74 Å². The molecule has 5 rings (SSSR count). The summed E-state index contributed by atoms with van der Waals surface area (Å²) in [6, 6.07) is 19.9. The van der Waals surface area contributed by atoms with Crippen LogP contribution >= 0.6 is 11.3 Å². The highest BCUT2D eigenvalue weighted by atomic mass is 32.1. The van der Waals surface area contributed by atoms with E-state index in [4.69, 9.17) is 4.74 Å². The normalized spacial score (nSPS) is 11.4. The molecule has 122 valence electrons. The number of H-pyrrole nitrogens is 1. The van der Waals surface area contributed by atoms with Gasteiger partial charge in [-0.3, -0.25) is 0 Å². The van der Waals surface area contributed by atoms with E-state index < -0.39 is 0 Å². The van der Waals surface area contributed by atoms with Crippen LogP contribution in [0.5, 0.6) is 5.75 Å². The Hall–Kier alpha value is -3.19. The van der Waals surface area contributed by atoms with Gasteiger partial charge in [-0.1, -0.05) is 47.7 Å². The van der Waals surface area contributed by atoms with Crippen molar-refractivity contribution in [2.75, 3.05) is 0 Å². The van der Waals surface area contributed by atoms with Gasteiger partial charge in [-0.2, -0.15) is 9.61 Å². The minimum Gasteiger partial charge on any atom is -0.486 e. The number of nitrogens with one attached hydrogen (secondary N) is 1. The molecule has 5 aromatic rings. The number of aromatic amines is 1. The first kappa shape index (κ1) is 14.2. The fraction of sp³-hybridized carbons (Fsp3) is 0.0556. The van der Waals surface area contributed by atoms with Crippen molar-refractivity contribution in [3.63, 3.8) is 0 Å². The van der Waals surface area contributed by atoms with Crippen molar-refractivity contribution < 1.29 is 4.74 Å². The Morgan fingerprint density at radius 3 is 2.72 bits per heavy atom. The Balaban J connectivity index is 1.47. The molecule has 0 bridgehead atoms. The van der Waals surface area contributed by atoms with Crippen LogP contribution in [0.25, 0.3) is 26.6 Å². The molecule has 0 amide bonds. The lowest BCUT2D eigenvalue weighted by Gasteiger charge is -2.02. The Bertz CT molecular complexity index is 1130. The predicted molar refractivity (Wildman–Crippen MR) is 96.7 cm³/mol. The molecule has 25 heavy (non-hydrogen) atoms. The highest BCUT2D eigenvalue weighted by Gasteiger charge is 2.14. The van der Waals surface area contributed by atoms with Gasteiger partial charge in [-0.15, -0.1) is 10.2 Å². The summed E-state index contributed by atoms with van der Waals surface area (Å²) < 4.78 is 7.50. The van der Waals surface area contributed by atoms with Crippen LogP contribution in [0.15, 0.2) is 60.7 Å². The SMILES string of the molecule is c1ccc(OCc2nnc3sc(-c4cc5ccccc5[nH]4)nn23)cc1. The maximum absolute atomic E-state index is 5.75. The standard InChI is InChI=1S/C18H13N5OS/c1-2-7-13(8-3-1)24-11-16-20-21-18-23(16)22-17(25-18)15-10-12-6-4-5-9-14(12)19-15/h1-10,19H,11H2. The van der Waals surface area contributed by atoms with Crippen molar-refractivity contribution in [2.24, 2.45) is 0 Å². The van der Waals surface area contributed by atoms with Crippen molar-refractivity contribution in [1.29, 1.82) is 0 Å². The summed E-state index contributed by atoms with van der Waals surface area (Å²) in [5.74, 6) is 1.47. The highest BCUT2D eigenvalue weighted by Crippen LogP contribution is 2.28. The fourth-order valence-corrected chi connectivity index (χ4v) is 3.54. The van der Waals surface area contributed by atoms with Crippen LogP contribution in [-0.2, 0) is 6.61 Å².